The second kappa shape index (κ2) is 73.8. The van der Waals surface area contributed by atoms with Crippen LogP contribution in [-0.4, -0.2) is 96.7 Å². The molecule has 0 aromatic heterocycles. The summed E-state index contributed by atoms with van der Waals surface area (Å²) in [7, 11) is -9.96. The molecule has 0 saturated heterocycles. The fourth-order valence-electron chi connectivity index (χ4n) is 11.0. The number of aliphatic hydroxyl groups excluding tert-OH is 1. The van der Waals surface area contributed by atoms with E-state index in [9.17, 15) is 43.2 Å². The van der Waals surface area contributed by atoms with Crippen LogP contribution in [0.3, 0.4) is 0 Å². The van der Waals surface area contributed by atoms with Crippen LogP contribution in [0.15, 0.2) is 72.9 Å². The molecule has 0 aromatic carbocycles. The highest BCUT2D eigenvalue weighted by atomic mass is 31.2. The van der Waals surface area contributed by atoms with Crippen molar-refractivity contribution in [3.63, 3.8) is 0 Å². The maximum absolute atomic E-state index is 13.1. The molecule has 3 N–H and O–H groups in total. The number of aliphatic hydroxyl groups is 1. The lowest BCUT2D eigenvalue weighted by Gasteiger charge is -2.21. The molecule has 0 aliphatic heterocycles. The standard InChI is InChI=1S/C81H146O17P2/c1-5-9-13-17-21-25-29-33-36-37-40-44-48-52-56-60-64-68-81(86)98-77(72-92-79(84)66-62-58-54-50-46-43-39-35-31-27-23-19-15-11-7-3)74-96-100(89,90)94-70-75(82)69-93-99(87,88)95-73-76(97-80(85)67-63-59-55-51-47-41-32-28-24-20-16-12-8-4)71-91-78(83)65-61-57-53-49-45-42-38-34-30-26-22-18-14-10-6-2/h21,25,33-36,38-40,44,52,56,75-77,82H,5-20,22-24,26-32,37,41-43,45-51,53-55,57-74H2,1-4H3,(H,87,88)(H,89,90)/b25-21-,36-33-,38-34-,39-35-,44-40-,56-52-/t75-,76+,77+/m0/s1. The maximum Gasteiger partial charge on any atom is 0.472 e. The number of hydrogen-bond acceptors (Lipinski definition) is 15. The molecule has 0 aromatic rings. The zero-order chi connectivity index (χ0) is 73.2. The van der Waals surface area contributed by atoms with Crippen molar-refractivity contribution in [2.45, 2.75) is 380 Å². The van der Waals surface area contributed by atoms with Crippen LogP contribution < -0.4 is 0 Å². The average Bonchev–Trinajstić information content (AvgIpc) is 0.962. The van der Waals surface area contributed by atoms with E-state index >= 15 is 0 Å². The predicted molar refractivity (Wildman–Crippen MR) is 409 cm³/mol. The van der Waals surface area contributed by atoms with Crippen LogP contribution in [0.4, 0.5) is 0 Å². The fourth-order valence-corrected chi connectivity index (χ4v) is 12.5. The minimum Gasteiger partial charge on any atom is -0.462 e. The van der Waals surface area contributed by atoms with Gasteiger partial charge in [0, 0.05) is 25.7 Å². The number of allylic oxidation sites excluding steroid dienone is 12. The van der Waals surface area contributed by atoms with Crippen molar-refractivity contribution in [2.24, 2.45) is 0 Å². The van der Waals surface area contributed by atoms with E-state index in [-0.39, 0.29) is 25.7 Å². The van der Waals surface area contributed by atoms with Crippen LogP contribution >= 0.6 is 15.6 Å². The summed E-state index contributed by atoms with van der Waals surface area (Å²) < 4.78 is 68.5. The summed E-state index contributed by atoms with van der Waals surface area (Å²) in [4.78, 5) is 72.9. The van der Waals surface area contributed by atoms with E-state index in [1.54, 1.807) is 0 Å². The molecule has 0 amide bonds. The summed E-state index contributed by atoms with van der Waals surface area (Å²) in [5, 5.41) is 10.6. The van der Waals surface area contributed by atoms with Gasteiger partial charge < -0.3 is 33.8 Å². The van der Waals surface area contributed by atoms with Gasteiger partial charge in [-0.3, -0.25) is 37.3 Å². The van der Waals surface area contributed by atoms with E-state index in [1.807, 2.05) is 12.2 Å². The second-order valence-electron chi connectivity index (χ2n) is 27.0. The van der Waals surface area contributed by atoms with Gasteiger partial charge in [0.25, 0.3) is 0 Å². The third-order valence-corrected chi connectivity index (χ3v) is 19.0. The van der Waals surface area contributed by atoms with Crippen LogP contribution in [0.1, 0.15) is 362 Å². The van der Waals surface area contributed by atoms with E-state index in [2.05, 4.69) is 88.5 Å². The summed E-state index contributed by atoms with van der Waals surface area (Å²) in [6, 6.07) is 0. The Hall–Kier alpha value is -3.50. The molecule has 0 heterocycles. The Morgan fingerprint density at radius 1 is 0.280 bits per heavy atom. The molecule has 0 radical (unpaired) electrons. The first-order chi connectivity index (χ1) is 48.7. The van der Waals surface area contributed by atoms with Gasteiger partial charge in [-0.1, -0.05) is 293 Å². The molecule has 100 heavy (non-hydrogen) atoms. The van der Waals surface area contributed by atoms with Crippen molar-refractivity contribution >= 4 is 39.5 Å². The van der Waals surface area contributed by atoms with E-state index in [0.717, 1.165) is 128 Å². The number of phosphoric ester groups is 2. The molecular weight excluding hydrogens is 1310 g/mol. The molecule has 19 heteroatoms. The average molecular weight is 1450 g/mol. The van der Waals surface area contributed by atoms with E-state index in [0.29, 0.717) is 32.1 Å². The zero-order valence-corrected chi connectivity index (χ0v) is 65.4. The van der Waals surface area contributed by atoms with Crippen LogP contribution in [-0.2, 0) is 65.4 Å². The molecule has 0 aliphatic carbocycles. The quantitative estimate of drug-likeness (QED) is 0.0169. The van der Waals surface area contributed by atoms with Crippen LogP contribution in [0.25, 0.3) is 0 Å². The highest BCUT2D eigenvalue weighted by molar-refractivity contribution is 7.47. The van der Waals surface area contributed by atoms with Crippen molar-refractivity contribution < 1.29 is 80.2 Å². The van der Waals surface area contributed by atoms with Gasteiger partial charge >= 0.3 is 39.5 Å². The van der Waals surface area contributed by atoms with Crippen molar-refractivity contribution in [3.05, 3.63) is 72.9 Å². The summed E-state index contributed by atoms with van der Waals surface area (Å²) in [6.07, 6.45) is 74.6. The molecule has 0 saturated carbocycles. The summed E-state index contributed by atoms with van der Waals surface area (Å²) in [5.74, 6) is -2.23. The Morgan fingerprint density at radius 2 is 0.500 bits per heavy atom. The highest BCUT2D eigenvalue weighted by Gasteiger charge is 2.30. The minimum atomic E-state index is -4.99. The number of carbonyl (C=O) groups excluding carboxylic acids is 4. The molecule has 0 fully saturated rings. The molecule has 582 valence electrons. The van der Waals surface area contributed by atoms with Crippen LogP contribution in [0, 0.1) is 0 Å². The normalized spacial score (nSPS) is 14.3. The zero-order valence-electron chi connectivity index (χ0n) is 63.6. The number of phosphoric acid groups is 2. The Bertz CT molecular complexity index is 2180. The molecule has 5 atom stereocenters. The first kappa shape index (κ1) is 96.5. The second-order valence-corrected chi connectivity index (χ2v) is 29.9. The van der Waals surface area contributed by atoms with Gasteiger partial charge in [-0.15, -0.1) is 0 Å². The molecule has 0 spiro atoms. The van der Waals surface area contributed by atoms with Crippen molar-refractivity contribution in [1.29, 1.82) is 0 Å². The molecule has 0 aliphatic rings. The molecule has 0 bridgehead atoms. The Morgan fingerprint density at radius 3 is 0.820 bits per heavy atom. The number of rotatable bonds is 76. The first-order valence-corrected chi connectivity index (χ1v) is 43.2. The lowest BCUT2D eigenvalue weighted by atomic mass is 10.0. The number of ether oxygens (including phenoxy) is 4. The number of carbonyl (C=O) groups is 4. The lowest BCUT2D eigenvalue weighted by molar-refractivity contribution is -0.161. The summed E-state index contributed by atoms with van der Waals surface area (Å²) in [6.45, 7) is 4.81. The topological polar surface area (TPSA) is 237 Å². The molecule has 0 rings (SSSR count). The number of hydrogen-bond donors (Lipinski definition) is 3. The van der Waals surface area contributed by atoms with Gasteiger partial charge in [0.05, 0.1) is 26.4 Å². The number of unbranched alkanes of at least 4 members (excludes halogenated alkanes) is 38. The smallest absolute Gasteiger partial charge is 0.462 e. The first-order valence-electron chi connectivity index (χ1n) is 40.2. The summed E-state index contributed by atoms with van der Waals surface area (Å²) in [5.41, 5.74) is 0. The van der Waals surface area contributed by atoms with Gasteiger partial charge in [0.15, 0.2) is 12.2 Å². The Kier molecular flexibility index (Phi) is 71.2. The summed E-state index contributed by atoms with van der Waals surface area (Å²) >= 11 is 0. The van der Waals surface area contributed by atoms with Gasteiger partial charge in [-0.05, 0) is 116 Å². The maximum atomic E-state index is 13.1. The predicted octanol–water partition coefficient (Wildman–Crippen LogP) is 23.2. The van der Waals surface area contributed by atoms with Gasteiger partial charge in [-0.25, -0.2) is 9.13 Å². The van der Waals surface area contributed by atoms with E-state index < -0.39 is 97.5 Å². The Labute approximate surface area is 609 Å². The van der Waals surface area contributed by atoms with Crippen molar-refractivity contribution in [1.82, 2.24) is 0 Å². The number of esters is 4. The molecule has 2 unspecified atom stereocenters. The lowest BCUT2D eigenvalue weighted by Crippen LogP contribution is -2.30. The fraction of sp³-hybridized carbons (Fsp3) is 0.802. The minimum absolute atomic E-state index is 0.0202. The van der Waals surface area contributed by atoms with Crippen molar-refractivity contribution in [2.75, 3.05) is 39.6 Å². The van der Waals surface area contributed by atoms with E-state index in [4.69, 9.17) is 37.0 Å². The van der Waals surface area contributed by atoms with Gasteiger partial charge in [-0.2, -0.15) is 0 Å². The largest absolute Gasteiger partial charge is 0.472 e. The monoisotopic (exact) mass is 1450 g/mol. The van der Waals surface area contributed by atoms with Crippen molar-refractivity contribution in [3.8, 4) is 0 Å². The van der Waals surface area contributed by atoms with E-state index in [1.165, 1.54) is 148 Å². The van der Waals surface area contributed by atoms with Crippen LogP contribution in [0.5, 0.6) is 0 Å². The van der Waals surface area contributed by atoms with Gasteiger partial charge in [0.2, 0.25) is 0 Å². The highest BCUT2D eigenvalue weighted by Crippen LogP contribution is 2.45. The molecule has 17 nitrogen and oxygen atoms in total. The van der Waals surface area contributed by atoms with Gasteiger partial charge in [0.1, 0.15) is 19.3 Å². The van der Waals surface area contributed by atoms with Crippen LogP contribution in [0.2, 0.25) is 0 Å². The Balaban J connectivity index is 5.39. The third-order valence-electron chi connectivity index (χ3n) is 17.1. The molecular formula is C81H146O17P2. The third kappa shape index (κ3) is 72.8. The SMILES string of the molecule is CCCCC/C=C\C/C=C\C/C=C\C/C=C\CCCC(=O)O[C@H](COC(=O)CCCCCCC/C=C\CCCCCCCC)COP(=O)(O)OC[C@@H](O)COP(=O)(O)OC[C@@H](COC(=O)CCCCCCC/C=C\CCCCCCCC)OC(=O)CCCCCCCCCCCCCCC.